The Labute approximate surface area is 205 Å². The molecule has 35 heavy (non-hydrogen) atoms. The smallest absolute Gasteiger partial charge is 0.0541 e. The molecule has 166 valence electrons. The van der Waals surface area contributed by atoms with Crippen molar-refractivity contribution in [2.24, 2.45) is 0 Å². The number of fused-ring (bicyclic) bond motifs is 3. The van der Waals surface area contributed by atoms with Gasteiger partial charge in [0.1, 0.15) is 0 Å². The third-order valence-corrected chi connectivity index (χ3v) is 6.69. The van der Waals surface area contributed by atoms with Gasteiger partial charge in [-0.15, -0.1) is 0 Å². The third-order valence-electron chi connectivity index (χ3n) is 6.69. The van der Waals surface area contributed by atoms with Crippen LogP contribution >= 0.6 is 0 Å². The fraction of sp³-hybridized carbons (Fsp3) is 0. The molecule has 1 heterocycles. The van der Waals surface area contributed by atoms with E-state index in [0.717, 1.165) is 16.8 Å². The maximum atomic E-state index is 3.93. The summed E-state index contributed by atoms with van der Waals surface area (Å²) in [6.45, 7) is 7.87. The molecule has 1 heteroatoms. The minimum absolute atomic E-state index is 1.12. The lowest BCUT2D eigenvalue weighted by molar-refractivity contribution is 1.18. The van der Waals surface area contributed by atoms with Gasteiger partial charge in [0.25, 0.3) is 0 Å². The Kier molecular flexibility index (Phi) is 5.16. The molecule has 0 spiro atoms. The summed E-state index contributed by atoms with van der Waals surface area (Å²) in [5, 5.41) is 2.49. The molecule has 0 saturated heterocycles. The standard InChI is InChI=1S/C34H25N/c1-3-24-10-8-12-26(20-24)28-16-18-33-31(22-28)32-23-29(27-13-9-11-25(4-2)21-27)17-19-34(32)35(33)30-14-6-5-7-15-30/h3-23H,1-2H2. The molecule has 0 aliphatic rings. The molecule has 0 radical (unpaired) electrons. The zero-order chi connectivity index (χ0) is 23.8. The summed E-state index contributed by atoms with van der Waals surface area (Å²) in [5.41, 5.74) is 10.6. The molecular formula is C34H25N. The van der Waals surface area contributed by atoms with Gasteiger partial charge in [0, 0.05) is 16.5 Å². The van der Waals surface area contributed by atoms with Crippen LogP contribution in [0.4, 0.5) is 0 Å². The van der Waals surface area contributed by atoms with Gasteiger partial charge in [0.05, 0.1) is 11.0 Å². The number of rotatable bonds is 5. The minimum Gasteiger partial charge on any atom is -0.309 e. The summed E-state index contributed by atoms with van der Waals surface area (Å²) >= 11 is 0. The van der Waals surface area contributed by atoms with E-state index >= 15 is 0 Å². The molecule has 0 aliphatic carbocycles. The van der Waals surface area contributed by atoms with Crippen molar-refractivity contribution in [1.29, 1.82) is 0 Å². The summed E-state index contributed by atoms with van der Waals surface area (Å²) < 4.78 is 2.36. The first-order valence-electron chi connectivity index (χ1n) is 11.8. The Morgan fingerprint density at radius 2 is 0.943 bits per heavy atom. The average Bonchev–Trinajstić information content (AvgIpc) is 3.26. The lowest BCUT2D eigenvalue weighted by atomic mass is 9.98. The van der Waals surface area contributed by atoms with Crippen LogP contribution in [0.1, 0.15) is 11.1 Å². The monoisotopic (exact) mass is 447 g/mol. The number of benzene rings is 5. The Morgan fingerprint density at radius 1 is 0.457 bits per heavy atom. The summed E-state index contributed by atoms with van der Waals surface area (Å²) in [7, 11) is 0. The van der Waals surface area contributed by atoms with E-state index in [1.807, 2.05) is 12.2 Å². The van der Waals surface area contributed by atoms with Gasteiger partial charge in [-0.25, -0.2) is 0 Å². The zero-order valence-electron chi connectivity index (χ0n) is 19.5. The van der Waals surface area contributed by atoms with Crippen LogP contribution < -0.4 is 0 Å². The highest BCUT2D eigenvalue weighted by Gasteiger charge is 2.14. The van der Waals surface area contributed by atoms with E-state index in [9.17, 15) is 0 Å². The number of para-hydroxylation sites is 1. The SMILES string of the molecule is C=Cc1cccc(-c2ccc3c(c2)c2cc(-c4cccc(C=C)c4)ccc2n3-c2ccccc2)c1. The molecule has 0 N–H and O–H groups in total. The normalized spacial score (nSPS) is 11.1. The second-order valence-corrected chi connectivity index (χ2v) is 8.79. The van der Waals surface area contributed by atoms with Crippen LogP contribution in [0.15, 0.2) is 128 Å². The summed E-state index contributed by atoms with van der Waals surface area (Å²) in [4.78, 5) is 0. The Balaban J connectivity index is 1.64. The van der Waals surface area contributed by atoms with Gasteiger partial charge >= 0.3 is 0 Å². The predicted molar refractivity (Wildman–Crippen MR) is 152 cm³/mol. The van der Waals surface area contributed by atoms with Crippen molar-refractivity contribution in [3.05, 3.63) is 140 Å². The van der Waals surface area contributed by atoms with Crippen LogP contribution in [-0.2, 0) is 0 Å². The van der Waals surface area contributed by atoms with Crippen molar-refractivity contribution in [3.63, 3.8) is 0 Å². The Hall–Kier alpha value is -4.62. The van der Waals surface area contributed by atoms with Crippen molar-refractivity contribution in [2.45, 2.75) is 0 Å². The fourth-order valence-electron chi connectivity index (χ4n) is 4.93. The second kappa shape index (κ2) is 8.62. The third kappa shape index (κ3) is 3.68. The summed E-state index contributed by atoms with van der Waals surface area (Å²) in [6.07, 6.45) is 3.79. The highest BCUT2D eigenvalue weighted by molar-refractivity contribution is 6.11. The van der Waals surface area contributed by atoms with E-state index in [-0.39, 0.29) is 0 Å². The van der Waals surface area contributed by atoms with Crippen molar-refractivity contribution < 1.29 is 0 Å². The average molecular weight is 448 g/mol. The zero-order valence-corrected chi connectivity index (χ0v) is 19.5. The van der Waals surface area contributed by atoms with Crippen LogP contribution in [0.25, 0.3) is 61.9 Å². The fourth-order valence-corrected chi connectivity index (χ4v) is 4.93. The van der Waals surface area contributed by atoms with E-state index < -0.39 is 0 Å². The Bertz CT molecular complexity index is 1610. The molecule has 0 aliphatic heterocycles. The lowest BCUT2D eigenvalue weighted by Gasteiger charge is -2.09. The topological polar surface area (TPSA) is 4.93 Å². The second-order valence-electron chi connectivity index (χ2n) is 8.79. The molecule has 5 aromatic carbocycles. The van der Waals surface area contributed by atoms with Gasteiger partial charge < -0.3 is 4.57 Å². The van der Waals surface area contributed by atoms with Crippen LogP contribution in [0.2, 0.25) is 0 Å². The lowest BCUT2D eigenvalue weighted by Crippen LogP contribution is -1.93. The minimum atomic E-state index is 1.12. The number of aromatic nitrogens is 1. The first-order chi connectivity index (χ1) is 17.2. The van der Waals surface area contributed by atoms with E-state index in [1.54, 1.807) is 0 Å². The number of hydrogen-bond acceptors (Lipinski definition) is 0. The number of hydrogen-bond donors (Lipinski definition) is 0. The molecular weight excluding hydrogens is 422 g/mol. The van der Waals surface area contributed by atoms with Crippen LogP contribution in [-0.4, -0.2) is 4.57 Å². The first kappa shape index (κ1) is 20.9. The Morgan fingerprint density at radius 3 is 1.43 bits per heavy atom. The maximum Gasteiger partial charge on any atom is 0.0541 e. The molecule has 6 aromatic rings. The van der Waals surface area contributed by atoms with Crippen LogP contribution in [0.5, 0.6) is 0 Å². The molecule has 6 rings (SSSR count). The van der Waals surface area contributed by atoms with Gasteiger partial charge in [-0.05, 0) is 81.9 Å². The van der Waals surface area contributed by atoms with Crippen molar-refractivity contribution in [1.82, 2.24) is 4.57 Å². The molecule has 0 atom stereocenters. The van der Waals surface area contributed by atoms with Gasteiger partial charge in [0.15, 0.2) is 0 Å². The van der Waals surface area contributed by atoms with Gasteiger partial charge in [0.2, 0.25) is 0 Å². The molecule has 0 amide bonds. The van der Waals surface area contributed by atoms with Crippen LogP contribution in [0, 0.1) is 0 Å². The number of nitrogens with zero attached hydrogens (tertiary/aromatic N) is 1. The van der Waals surface area contributed by atoms with E-state index in [1.165, 1.54) is 44.1 Å². The van der Waals surface area contributed by atoms with Crippen molar-refractivity contribution in [3.8, 4) is 27.9 Å². The van der Waals surface area contributed by atoms with Crippen molar-refractivity contribution in [2.75, 3.05) is 0 Å². The highest BCUT2D eigenvalue weighted by Crippen LogP contribution is 2.37. The van der Waals surface area contributed by atoms with Gasteiger partial charge in [-0.2, -0.15) is 0 Å². The highest BCUT2D eigenvalue weighted by atomic mass is 15.0. The molecule has 0 bridgehead atoms. The van der Waals surface area contributed by atoms with E-state index in [4.69, 9.17) is 0 Å². The molecule has 0 saturated carbocycles. The van der Waals surface area contributed by atoms with Gasteiger partial charge in [-0.3, -0.25) is 0 Å². The largest absolute Gasteiger partial charge is 0.309 e. The van der Waals surface area contributed by atoms with Crippen LogP contribution in [0.3, 0.4) is 0 Å². The molecule has 0 fully saturated rings. The first-order valence-corrected chi connectivity index (χ1v) is 11.8. The predicted octanol–water partition coefficient (Wildman–Crippen LogP) is 9.40. The molecule has 1 nitrogen and oxygen atoms in total. The maximum absolute atomic E-state index is 3.93. The summed E-state index contributed by atoms with van der Waals surface area (Å²) in [5.74, 6) is 0. The van der Waals surface area contributed by atoms with Crippen molar-refractivity contribution >= 4 is 34.0 Å². The quantitative estimate of drug-likeness (QED) is 0.248. The summed E-state index contributed by atoms with van der Waals surface area (Å²) in [6, 6.07) is 41.2. The molecule has 0 unspecified atom stereocenters. The van der Waals surface area contributed by atoms with E-state index in [2.05, 4.69) is 133 Å². The van der Waals surface area contributed by atoms with Gasteiger partial charge in [-0.1, -0.05) is 92.0 Å². The molecule has 1 aromatic heterocycles. The van der Waals surface area contributed by atoms with E-state index in [0.29, 0.717) is 0 Å².